The molecule has 4 rings (SSSR count). The Bertz CT molecular complexity index is 854. The fourth-order valence-corrected chi connectivity index (χ4v) is 3.22. The first kappa shape index (κ1) is 15.4. The van der Waals surface area contributed by atoms with Gasteiger partial charge in [0.1, 0.15) is 0 Å². The third-order valence-corrected chi connectivity index (χ3v) is 4.34. The van der Waals surface area contributed by atoms with Crippen LogP contribution in [0.1, 0.15) is 22.3 Å². The number of aromatic nitrogens is 8. The van der Waals surface area contributed by atoms with Crippen LogP contribution in [0.2, 0.25) is 0 Å². The molecule has 0 aliphatic heterocycles. The van der Waals surface area contributed by atoms with E-state index >= 15 is 0 Å². The molecule has 128 valence electrons. The molecule has 0 bridgehead atoms. The molecule has 4 heterocycles. The summed E-state index contributed by atoms with van der Waals surface area (Å²) in [6.07, 6.45) is 15.3. The number of nitrogens with zero attached hydrogens (tertiary/aromatic N) is 8. The normalized spacial score (nSPS) is 12.0. The minimum absolute atomic E-state index is 1.06. The molecule has 9 heteroatoms. The molecule has 0 fully saturated rings. The Morgan fingerprint density at radius 2 is 0.760 bits per heavy atom. The Balaban J connectivity index is 2.11. The molecular weight excluding hydrogens is 315 g/mol. The topological polar surface area (TPSA) is 71.3 Å². The second-order valence-corrected chi connectivity index (χ2v) is 6.68. The molecule has 0 amide bonds. The summed E-state index contributed by atoms with van der Waals surface area (Å²) >= 11 is 0. The molecule has 8 nitrogen and oxygen atoms in total. The first-order valence-electron chi connectivity index (χ1n) is 8.21. The molecule has 4 aromatic heterocycles. The van der Waals surface area contributed by atoms with Crippen molar-refractivity contribution < 1.29 is 0 Å². The second-order valence-electron chi connectivity index (χ2n) is 6.68. The van der Waals surface area contributed by atoms with Crippen molar-refractivity contribution in [3.8, 4) is 0 Å². The molecule has 0 unspecified atom stereocenters. The van der Waals surface area contributed by atoms with Crippen molar-refractivity contribution in [3.63, 3.8) is 0 Å². The van der Waals surface area contributed by atoms with Crippen LogP contribution in [-0.2, 0) is 0 Å². The Kier molecular flexibility index (Phi) is 3.38. The van der Waals surface area contributed by atoms with Crippen LogP contribution in [0, 0.1) is 27.7 Å². The van der Waals surface area contributed by atoms with Gasteiger partial charge < -0.3 is 18.4 Å². The average Bonchev–Trinajstić information content (AvgIpc) is 3.33. The molecule has 0 aliphatic rings. The highest BCUT2D eigenvalue weighted by Crippen LogP contribution is 2.17. The SMILES string of the molecule is Cc1cnn([B-](n2cc(C)cn2)(n2cc(C)cn2)n2cc(C)cn2)c1. The fourth-order valence-electron chi connectivity index (χ4n) is 3.22. The van der Waals surface area contributed by atoms with E-state index in [1.54, 1.807) is 0 Å². The summed E-state index contributed by atoms with van der Waals surface area (Å²) in [4.78, 5) is 0. The van der Waals surface area contributed by atoms with Gasteiger partial charge in [-0.15, -0.1) is 0 Å². The Morgan fingerprint density at radius 3 is 0.920 bits per heavy atom. The molecule has 0 N–H and O–H groups in total. The fraction of sp³-hybridized carbons (Fsp3) is 0.250. The van der Waals surface area contributed by atoms with Crippen molar-refractivity contribution in [2.75, 3.05) is 0 Å². The third kappa shape index (κ3) is 2.31. The number of hydrogen-bond acceptors (Lipinski definition) is 4. The molecule has 0 atom stereocenters. The van der Waals surface area contributed by atoms with Gasteiger partial charge in [0.05, 0.1) is 0 Å². The van der Waals surface area contributed by atoms with Crippen molar-refractivity contribution in [1.29, 1.82) is 0 Å². The largest absolute Gasteiger partial charge is 0.466 e. The molecule has 0 aliphatic carbocycles. The summed E-state index contributed by atoms with van der Waals surface area (Å²) in [6.45, 7) is 6.15. The predicted molar refractivity (Wildman–Crippen MR) is 95.2 cm³/mol. The van der Waals surface area contributed by atoms with Gasteiger partial charge in [-0.25, -0.2) is 20.4 Å². The Hall–Kier alpha value is -3.10. The zero-order valence-corrected chi connectivity index (χ0v) is 14.8. The van der Waals surface area contributed by atoms with Crippen LogP contribution in [0.15, 0.2) is 49.6 Å². The molecule has 0 aromatic carbocycles. The van der Waals surface area contributed by atoms with E-state index in [2.05, 4.69) is 20.4 Å². The van der Waals surface area contributed by atoms with E-state index in [1.165, 1.54) is 0 Å². The standard InChI is InChI=1S/C16H20BN8/c1-13-5-18-22(9-13)17(23-10-14(2)6-19-23,24-11-15(3)7-20-24)25-12-16(4)8-21-25/h5-12H,1-4H3/q-1. The lowest BCUT2D eigenvalue weighted by atomic mass is 9.75. The first-order valence-corrected chi connectivity index (χ1v) is 8.21. The maximum Gasteiger partial charge on any atom is 0.466 e. The van der Waals surface area contributed by atoms with Crippen LogP contribution >= 0.6 is 0 Å². The predicted octanol–water partition coefficient (Wildman–Crippen LogP) is 1.63. The van der Waals surface area contributed by atoms with Gasteiger partial charge in [0, 0.05) is 24.8 Å². The van der Waals surface area contributed by atoms with Crippen LogP contribution in [0.4, 0.5) is 0 Å². The van der Waals surface area contributed by atoms with E-state index < -0.39 is 6.69 Å². The number of hydrogen-bond donors (Lipinski definition) is 0. The minimum Gasteiger partial charge on any atom is -0.379 e. The monoisotopic (exact) mass is 335 g/mol. The van der Waals surface area contributed by atoms with Crippen molar-refractivity contribution in [3.05, 3.63) is 71.8 Å². The van der Waals surface area contributed by atoms with Crippen molar-refractivity contribution in [1.82, 2.24) is 38.8 Å². The van der Waals surface area contributed by atoms with Gasteiger partial charge in [-0.2, -0.15) is 0 Å². The van der Waals surface area contributed by atoms with Crippen LogP contribution in [0.5, 0.6) is 0 Å². The molecular formula is C16H20BN8-. The van der Waals surface area contributed by atoms with Crippen LogP contribution in [-0.4, -0.2) is 45.5 Å². The summed E-state index contributed by atoms with van der Waals surface area (Å²) in [7, 11) is 0. The molecule has 0 radical (unpaired) electrons. The highest BCUT2D eigenvalue weighted by atomic mass is 15.6. The Labute approximate surface area is 145 Å². The molecule has 0 spiro atoms. The van der Waals surface area contributed by atoms with Gasteiger partial charge in [-0.05, 0) is 74.7 Å². The zero-order chi connectivity index (χ0) is 17.6. The zero-order valence-electron chi connectivity index (χ0n) is 14.8. The quantitative estimate of drug-likeness (QED) is 0.532. The lowest BCUT2D eigenvalue weighted by Gasteiger charge is -2.41. The maximum absolute atomic E-state index is 4.61. The molecule has 25 heavy (non-hydrogen) atoms. The summed E-state index contributed by atoms with van der Waals surface area (Å²) in [5, 5.41) is 18.4. The van der Waals surface area contributed by atoms with Crippen molar-refractivity contribution >= 4 is 6.69 Å². The van der Waals surface area contributed by atoms with Gasteiger partial charge in [-0.1, -0.05) is 0 Å². The number of rotatable bonds is 4. The summed E-state index contributed by atoms with van der Waals surface area (Å²) in [5.74, 6) is 0. The van der Waals surface area contributed by atoms with Gasteiger partial charge in [0.2, 0.25) is 0 Å². The van der Waals surface area contributed by atoms with E-state index in [0.717, 1.165) is 22.3 Å². The van der Waals surface area contributed by atoms with E-state index in [9.17, 15) is 0 Å². The third-order valence-electron chi connectivity index (χ3n) is 4.34. The van der Waals surface area contributed by atoms with Crippen LogP contribution in [0.3, 0.4) is 0 Å². The lowest BCUT2D eigenvalue weighted by Crippen LogP contribution is -2.65. The Morgan fingerprint density at radius 1 is 0.520 bits per heavy atom. The second kappa shape index (κ2) is 5.47. The van der Waals surface area contributed by atoms with Gasteiger partial charge in [0.15, 0.2) is 0 Å². The van der Waals surface area contributed by atoms with Gasteiger partial charge >= 0.3 is 6.69 Å². The average molecular weight is 335 g/mol. The van der Waals surface area contributed by atoms with Gasteiger partial charge in [-0.3, -0.25) is 0 Å². The maximum atomic E-state index is 4.61. The molecule has 0 saturated carbocycles. The lowest BCUT2D eigenvalue weighted by molar-refractivity contribution is 0.655. The van der Waals surface area contributed by atoms with Crippen molar-refractivity contribution in [2.24, 2.45) is 0 Å². The van der Waals surface area contributed by atoms with E-state index in [4.69, 9.17) is 0 Å². The first-order chi connectivity index (χ1) is 12.0. The van der Waals surface area contributed by atoms with E-state index in [-0.39, 0.29) is 0 Å². The number of aryl methyl sites for hydroxylation is 4. The smallest absolute Gasteiger partial charge is 0.379 e. The van der Waals surface area contributed by atoms with Crippen LogP contribution < -0.4 is 0 Å². The minimum atomic E-state index is -1.91. The van der Waals surface area contributed by atoms with E-state index in [0.29, 0.717) is 0 Å². The van der Waals surface area contributed by atoms with Gasteiger partial charge in [0.25, 0.3) is 0 Å². The summed E-state index contributed by atoms with van der Waals surface area (Å²) in [5.41, 5.74) is 4.23. The summed E-state index contributed by atoms with van der Waals surface area (Å²) in [6, 6.07) is 0. The highest BCUT2D eigenvalue weighted by Gasteiger charge is 2.39. The highest BCUT2D eigenvalue weighted by molar-refractivity contribution is 6.72. The van der Waals surface area contributed by atoms with Crippen molar-refractivity contribution in [2.45, 2.75) is 27.7 Å². The molecule has 4 aromatic rings. The van der Waals surface area contributed by atoms with E-state index in [1.807, 2.05) is 95.6 Å². The molecule has 0 saturated heterocycles. The summed E-state index contributed by atoms with van der Waals surface area (Å²) < 4.78 is 7.56. The van der Waals surface area contributed by atoms with Crippen LogP contribution in [0.25, 0.3) is 0 Å².